The van der Waals surface area contributed by atoms with Gasteiger partial charge in [0.1, 0.15) is 23.4 Å². The summed E-state index contributed by atoms with van der Waals surface area (Å²) in [7, 11) is 3.21. The maximum atomic E-state index is 10.6. The fourth-order valence-electron chi connectivity index (χ4n) is 2.92. The maximum Gasteiger partial charge on any atom is 0.169 e. The molecular formula is C17H20N2O4S. The van der Waals surface area contributed by atoms with Crippen LogP contribution in [-0.4, -0.2) is 35.9 Å². The number of rotatable bonds is 4. The first-order valence-electron chi connectivity index (χ1n) is 7.61. The summed E-state index contributed by atoms with van der Waals surface area (Å²) in [6, 6.07) is 7.36. The highest BCUT2D eigenvalue weighted by atomic mass is 32.1. The summed E-state index contributed by atoms with van der Waals surface area (Å²) < 4.78 is 16.1. The minimum Gasteiger partial charge on any atom is -0.496 e. The molecule has 7 heteroatoms. The van der Waals surface area contributed by atoms with Crippen molar-refractivity contribution in [1.82, 2.24) is 10.2 Å². The van der Waals surface area contributed by atoms with E-state index in [9.17, 15) is 5.11 Å². The van der Waals surface area contributed by atoms with Gasteiger partial charge in [0.25, 0.3) is 0 Å². The second kappa shape index (κ2) is 7.11. The molecule has 0 bridgehead atoms. The van der Waals surface area contributed by atoms with Gasteiger partial charge in [0.2, 0.25) is 0 Å². The average molecular weight is 348 g/mol. The fraction of sp³-hybridized carbons (Fsp3) is 0.353. The molecule has 0 aliphatic carbocycles. The van der Waals surface area contributed by atoms with Crippen LogP contribution in [-0.2, 0) is 13.1 Å². The van der Waals surface area contributed by atoms with Gasteiger partial charge in [-0.3, -0.25) is 0 Å². The van der Waals surface area contributed by atoms with Crippen molar-refractivity contribution in [1.29, 1.82) is 0 Å². The summed E-state index contributed by atoms with van der Waals surface area (Å²) in [6.07, 6.45) is 0.917. The summed E-state index contributed by atoms with van der Waals surface area (Å²) in [6.45, 7) is 1.43. The number of nitrogens with one attached hydrogen (secondary N) is 1. The third kappa shape index (κ3) is 3.18. The smallest absolute Gasteiger partial charge is 0.169 e. The van der Waals surface area contributed by atoms with Gasteiger partial charge >= 0.3 is 0 Å². The van der Waals surface area contributed by atoms with Gasteiger partial charge < -0.3 is 29.2 Å². The molecule has 1 aromatic heterocycles. The first-order valence-corrected chi connectivity index (χ1v) is 8.01. The van der Waals surface area contributed by atoms with Crippen LogP contribution in [0.3, 0.4) is 0 Å². The second-order valence-electron chi connectivity index (χ2n) is 5.50. The lowest BCUT2D eigenvalue weighted by molar-refractivity contribution is 0.122. The molecule has 2 aromatic rings. The van der Waals surface area contributed by atoms with Crippen molar-refractivity contribution in [3.8, 4) is 11.5 Å². The van der Waals surface area contributed by atoms with Crippen LogP contribution in [0.15, 0.2) is 34.9 Å². The van der Waals surface area contributed by atoms with E-state index in [4.69, 9.17) is 26.1 Å². The number of thiocarbonyl (C=S) groups is 1. The molecule has 0 spiro atoms. The quantitative estimate of drug-likeness (QED) is 0.821. The molecule has 1 aliphatic heterocycles. The number of methoxy groups -OCH3 is 2. The van der Waals surface area contributed by atoms with Crippen LogP contribution < -0.4 is 14.8 Å². The number of hydrogen-bond donors (Lipinski definition) is 2. The van der Waals surface area contributed by atoms with Gasteiger partial charge in [-0.1, -0.05) is 0 Å². The van der Waals surface area contributed by atoms with Gasteiger partial charge in [-0.15, -0.1) is 0 Å². The van der Waals surface area contributed by atoms with E-state index < -0.39 is 6.10 Å². The number of β-amino-alcohol motifs (C(OH)–C–C–N with tert-alkyl or cyclic N) is 1. The second-order valence-corrected chi connectivity index (χ2v) is 5.88. The molecule has 2 N–H and O–H groups in total. The Bertz CT molecular complexity index is 718. The zero-order chi connectivity index (χ0) is 17.1. The standard InChI is InChI=1S/C17H20N2O4S/c1-21-14-5-6-15(22-2)16-12(14)9-19(10-13(16)20)17(24)18-8-11-4-3-7-23-11/h3-7,13,20H,8-10H2,1-2H3,(H,18,24)/t13-/m1/s1. The predicted molar refractivity (Wildman–Crippen MR) is 93.1 cm³/mol. The number of ether oxygens (including phenoxy) is 2. The van der Waals surface area contributed by atoms with E-state index in [1.54, 1.807) is 20.5 Å². The zero-order valence-corrected chi connectivity index (χ0v) is 14.4. The fourth-order valence-corrected chi connectivity index (χ4v) is 3.13. The van der Waals surface area contributed by atoms with Crippen molar-refractivity contribution in [2.75, 3.05) is 20.8 Å². The van der Waals surface area contributed by atoms with Crippen molar-refractivity contribution in [3.05, 3.63) is 47.4 Å². The Morgan fingerprint density at radius 1 is 1.33 bits per heavy atom. The third-order valence-electron chi connectivity index (χ3n) is 4.07. The van der Waals surface area contributed by atoms with Crippen LogP contribution in [0.1, 0.15) is 23.0 Å². The van der Waals surface area contributed by atoms with E-state index in [1.165, 1.54) is 0 Å². The van der Waals surface area contributed by atoms with Crippen molar-refractivity contribution < 1.29 is 19.0 Å². The molecule has 6 nitrogen and oxygen atoms in total. The minimum absolute atomic E-state index is 0.389. The SMILES string of the molecule is COc1ccc(OC)c2c1CN(C(=S)NCc1ccco1)C[C@H]2O. The lowest BCUT2D eigenvalue weighted by atomic mass is 9.95. The molecule has 0 fully saturated rings. The summed E-state index contributed by atoms with van der Waals surface area (Å²) in [4.78, 5) is 1.91. The van der Waals surface area contributed by atoms with Crippen LogP contribution in [0, 0.1) is 0 Å². The van der Waals surface area contributed by atoms with Crippen molar-refractivity contribution in [3.63, 3.8) is 0 Å². The zero-order valence-electron chi connectivity index (χ0n) is 13.6. The summed E-state index contributed by atoms with van der Waals surface area (Å²) >= 11 is 5.46. The molecular weight excluding hydrogens is 328 g/mol. The number of benzene rings is 1. The normalized spacial score (nSPS) is 16.5. The van der Waals surface area contributed by atoms with Crippen molar-refractivity contribution in [2.45, 2.75) is 19.2 Å². The van der Waals surface area contributed by atoms with Crippen LogP contribution in [0.4, 0.5) is 0 Å². The molecule has 0 saturated heterocycles. The number of aliphatic hydroxyl groups excluding tert-OH is 1. The Morgan fingerprint density at radius 2 is 2.08 bits per heavy atom. The summed E-state index contributed by atoms with van der Waals surface area (Å²) in [5.74, 6) is 2.17. The Hall–Kier alpha value is -2.25. The molecule has 2 heterocycles. The monoisotopic (exact) mass is 348 g/mol. The molecule has 1 aliphatic rings. The van der Waals surface area contributed by atoms with Gasteiger partial charge in [-0.2, -0.15) is 0 Å². The highest BCUT2D eigenvalue weighted by Gasteiger charge is 2.30. The highest BCUT2D eigenvalue weighted by Crippen LogP contribution is 2.39. The Labute approximate surface area is 146 Å². The van der Waals surface area contributed by atoms with Crippen LogP contribution in [0.2, 0.25) is 0 Å². The van der Waals surface area contributed by atoms with E-state index >= 15 is 0 Å². The van der Waals surface area contributed by atoms with Gasteiger partial charge in [0, 0.05) is 17.7 Å². The van der Waals surface area contributed by atoms with Crippen LogP contribution >= 0.6 is 12.2 Å². The molecule has 0 unspecified atom stereocenters. The number of furan rings is 1. The molecule has 0 saturated carbocycles. The lowest BCUT2D eigenvalue weighted by Gasteiger charge is -2.35. The minimum atomic E-state index is -0.706. The van der Waals surface area contributed by atoms with Crippen LogP contribution in [0.5, 0.6) is 11.5 Å². The van der Waals surface area contributed by atoms with Gasteiger partial charge in [-0.05, 0) is 36.5 Å². The van der Waals surface area contributed by atoms with E-state index in [1.807, 2.05) is 29.2 Å². The first-order chi connectivity index (χ1) is 11.6. The van der Waals surface area contributed by atoms with E-state index in [2.05, 4.69) is 5.32 Å². The molecule has 0 radical (unpaired) electrons. The van der Waals surface area contributed by atoms with E-state index in [0.29, 0.717) is 36.2 Å². The molecule has 24 heavy (non-hydrogen) atoms. The largest absolute Gasteiger partial charge is 0.496 e. The predicted octanol–water partition coefficient (Wildman–Crippen LogP) is 2.22. The molecule has 3 rings (SSSR count). The Morgan fingerprint density at radius 3 is 2.75 bits per heavy atom. The Balaban J connectivity index is 1.79. The van der Waals surface area contributed by atoms with Gasteiger partial charge in [0.05, 0.1) is 33.6 Å². The third-order valence-corrected chi connectivity index (χ3v) is 4.47. The number of fused-ring (bicyclic) bond motifs is 1. The van der Waals surface area contributed by atoms with Crippen molar-refractivity contribution in [2.24, 2.45) is 0 Å². The van der Waals surface area contributed by atoms with Gasteiger partial charge in [-0.25, -0.2) is 0 Å². The lowest BCUT2D eigenvalue weighted by Crippen LogP contribution is -2.43. The molecule has 0 amide bonds. The topological polar surface area (TPSA) is 67.1 Å². The average Bonchev–Trinajstić information content (AvgIpc) is 3.12. The number of hydrogen-bond acceptors (Lipinski definition) is 5. The summed E-state index contributed by atoms with van der Waals surface area (Å²) in [5, 5.41) is 14.3. The summed E-state index contributed by atoms with van der Waals surface area (Å²) in [5.41, 5.74) is 1.65. The first kappa shape index (κ1) is 16.6. The number of aliphatic hydroxyl groups is 1. The van der Waals surface area contributed by atoms with Gasteiger partial charge in [0.15, 0.2) is 5.11 Å². The number of nitrogens with zero attached hydrogens (tertiary/aromatic N) is 1. The van der Waals surface area contributed by atoms with E-state index in [-0.39, 0.29) is 0 Å². The van der Waals surface area contributed by atoms with Crippen LogP contribution in [0.25, 0.3) is 0 Å². The molecule has 128 valence electrons. The molecule has 1 atom stereocenters. The Kier molecular flexibility index (Phi) is 4.92. The maximum absolute atomic E-state index is 10.6. The molecule has 1 aromatic carbocycles. The van der Waals surface area contributed by atoms with E-state index in [0.717, 1.165) is 16.9 Å². The highest BCUT2D eigenvalue weighted by molar-refractivity contribution is 7.80. The van der Waals surface area contributed by atoms with Crippen molar-refractivity contribution >= 4 is 17.3 Å².